The summed E-state index contributed by atoms with van der Waals surface area (Å²) in [6.45, 7) is 9.99. The van der Waals surface area contributed by atoms with Gasteiger partial charge in [-0.05, 0) is 54.6 Å². The van der Waals surface area contributed by atoms with Gasteiger partial charge in [0.15, 0.2) is 46.0 Å². The van der Waals surface area contributed by atoms with Crippen LogP contribution in [0.4, 0.5) is 31.7 Å². The van der Waals surface area contributed by atoms with E-state index in [9.17, 15) is 9.59 Å². The number of hydrogen-bond acceptors (Lipinski definition) is 13. The van der Waals surface area contributed by atoms with Crippen molar-refractivity contribution in [1.82, 2.24) is 9.88 Å². The monoisotopic (exact) mass is 787 g/mol. The fourth-order valence-electron chi connectivity index (χ4n) is 6.50. The van der Waals surface area contributed by atoms with Crippen molar-refractivity contribution in [3.8, 4) is 34.5 Å². The minimum absolute atomic E-state index is 0.0706. The first-order chi connectivity index (χ1) is 27.6. The molecule has 1 fully saturated rings. The normalized spacial score (nSPS) is 12.9. The van der Waals surface area contributed by atoms with Crippen molar-refractivity contribution in [2.75, 3.05) is 83.8 Å². The van der Waals surface area contributed by atoms with E-state index in [2.05, 4.69) is 38.9 Å². The van der Waals surface area contributed by atoms with Gasteiger partial charge in [-0.15, -0.1) is 0 Å². The number of rotatable bonds is 16. The number of nitrogens with zero attached hydrogens (tertiary/aromatic N) is 3. The van der Waals surface area contributed by atoms with E-state index in [0.717, 1.165) is 44.5 Å². The van der Waals surface area contributed by atoms with Crippen molar-refractivity contribution in [2.24, 2.45) is 0 Å². The van der Waals surface area contributed by atoms with Gasteiger partial charge in [0.1, 0.15) is 18.0 Å². The van der Waals surface area contributed by atoms with Crippen LogP contribution in [0.5, 0.6) is 34.5 Å². The Morgan fingerprint density at radius 2 is 1.49 bits per heavy atom. The fraction of sp³-hybridized carbons (Fsp3) is 0.293. The highest BCUT2D eigenvalue weighted by atomic mass is 19.1. The van der Waals surface area contributed by atoms with Gasteiger partial charge in [-0.2, -0.15) is 0 Å². The molecule has 1 amide bonds. The number of piperazine rings is 1. The Labute approximate surface area is 327 Å². The molecule has 0 radical (unpaired) electrons. The van der Waals surface area contributed by atoms with Crippen LogP contribution in [0.15, 0.2) is 65.7 Å². The molecular weight excluding hydrogens is 744 g/mol. The molecule has 1 saturated heterocycles. The van der Waals surface area contributed by atoms with Gasteiger partial charge in [0, 0.05) is 37.9 Å². The van der Waals surface area contributed by atoms with Gasteiger partial charge in [-0.25, -0.2) is 13.8 Å². The number of ketones is 1. The number of amides is 1. The van der Waals surface area contributed by atoms with Crippen LogP contribution in [0, 0.1) is 11.6 Å². The maximum Gasteiger partial charge on any atom is 0.247 e. The number of carbonyl (C=O) groups is 2. The van der Waals surface area contributed by atoms with Gasteiger partial charge >= 0.3 is 0 Å². The second kappa shape index (κ2) is 17.5. The summed E-state index contributed by atoms with van der Waals surface area (Å²) in [6.07, 6.45) is 2.51. The average Bonchev–Trinajstić information content (AvgIpc) is 3.60. The van der Waals surface area contributed by atoms with Crippen LogP contribution in [0.2, 0.25) is 0 Å². The summed E-state index contributed by atoms with van der Waals surface area (Å²) in [6, 6.07) is 11.5. The number of ether oxygens (including phenoxy) is 6. The lowest BCUT2D eigenvalue weighted by atomic mass is 10.0. The maximum atomic E-state index is 15.7. The van der Waals surface area contributed by atoms with Gasteiger partial charge in [0.2, 0.25) is 23.2 Å². The van der Waals surface area contributed by atoms with E-state index in [-0.39, 0.29) is 29.1 Å². The number of anilines is 4. The summed E-state index contributed by atoms with van der Waals surface area (Å²) in [5.74, 6) is -4.31. The lowest BCUT2D eigenvalue weighted by molar-refractivity contribution is -0.111. The van der Waals surface area contributed by atoms with Crippen molar-refractivity contribution in [2.45, 2.75) is 13.5 Å². The van der Waals surface area contributed by atoms with Gasteiger partial charge < -0.3 is 53.3 Å². The summed E-state index contributed by atoms with van der Waals surface area (Å²) in [7, 11) is 6.74. The third-order valence-electron chi connectivity index (χ3n) is 9.54. The summed E-state index contributed by atoms with van der Waals surface area (Å²) >= 11 is 0. The molecule has 0 atom stereocenters. The summed E-state index contributed by atoms with van der Waals surface area (Å²) in [5.41, 5.74) is 1.52. The van der Waals surface area contributed by atoms with Crippen LogP contribution in [-0.4, -0.2) is 89.8 Å². The second-order valence-corrected chi connectivity index (χ2v) is 12.7. The van der Waals surface area contributed by atoms with Gasteiger partial charge in [-0.3, -0.25) is 9.59 Å². The first-order valence-corrected chi connectivity index (χ1v) is 17.9. The number of aromatic nitrogens is 1. The minimum Gasteiger partial charge on any atom is -0.494 e. The first-order valence-electron chi connectivity index (χ1n) is 17.9. The molecule has 0 unspecified atom stereocenters. The molecule has 6 rings (SSSR count). The molecule has 0 spiro atoms. The molecule has 0 aliphatic carbocycles. The predicted molar refractivity (Wildman–Crippen MR) is 210 cm³/mol. The Hall–Kier alpha value is -6.55. The zero-order valence-corrected chi connectivity index (χ0v) is 32.4. The smallest absolute Gasteiger partial charge is 0.247 e. The van der Waals surface area contributed by atoms with Gasteiger partial charge in [0.05, 0.1) is 58.5 Å². The number of likely N-dealkylation sites (N-methyl/N-ethyl adjacent to an activating group) is 1. The Bertz CT molecular complexity index is 2250. The van der Waals surface area contributed by atoms with Crippen molar-refractivity contribution < 1.29 is 51.2 Å². The van der Waals surface area contributed by atoms with Crippen molar-refractivity contribution >= 4 is 45.5 Å². The number of carbonyl (C=O) groups excluding carboxylic acids is 2. The van der Waals surface area contributed by atoms with Crippen molar-refractivity contribution in [3.63, 3.8) is 0 Å². The number of fused-ring (bicyclic) bond motifs is 1. The molecule has 0 bridgehead atoms. The van der Waals surface area contributed by atoms with E-state index in [1.54, 1.807) is 18.2 Å². The van der Waals surface area contributed by atoms with Gasteiger partial charge in [-0.1, -0.05) is 13.5 Å². The molecule has 57 heavy (non-hydrogen) atoms. The summed E-state index contributed by atoms with van der Waals surface area (Å²) < 4.78 is 70.1. The number of furan rings is 1. The number of methoxy groups -OCH3 is 5. The van der Waals surface area contributed by atoms with Gasteiger partial charge in [0.25, 0.3) is 0 Å². The zero-order chi connectivity index (χ0) is 40.8. The standard InChI is InChI=1S/C41H43F2N5O9/c1-8-34(49)46-27-18-24(48-14-12-47(9-2)13-15-48)10-11-26(27)45-33-19-25-32(21-44-33)57-41(38(50)35-36(42)28(51-3)20-29(52-4)37(35)43)39(25)56-22-23-16-30(53-5)40(55-7)31(17-23)54-6/h8,10-11,16-21H,1,9,12-15,22H2,2-7H3,(H,44,45)(H,46,49). The molecule has 1 aliphatic rings. The lowest BCUT2D eigenvalue weighted by Crippen LogP contribution is -2.46. The van der Waals surface area contributed by atoms with Crippen molar-refractivity contribution in [3.05, 3.63) is 89.8 Å². The molecule has 2 N–H and O–H groups in total. The average molecular weight is 788 g/mol. The predicted octanol–water partition coefficient (Wildman–Crippen LogP) is 6.97. The van der Waals surface area contributed by atoms with Crippen LogP contribution in [0.3, 0.4) is 0 Å². The van der Waals surface area contributed by atoms with E-state index in [4.69, 9.17) is 32.8 Å². The van der Waals surface area contributed by atoms with Crippen LogP contribution < -0.4 is 44.0 Å². The minimum atomic E-state index is -1.26. The molecule has 1 aliphatic heterocycles. The molecule has 0 saturated carbocycles. The summed E-state index contributed by atoms with van der Waals surface area (Å²) in [4.78, 5) is 35.8. The number of halogens is 2. The number of nitrogens with one attached hydrogen (secondary N) is 2. The van der Waals surface area contributed by atoms with E-state index in [1.807, 2.05) is 18.2 Å². The Morgan fingerprint density at radius 1 is 0.842 bits per heavy atom. The highest BCUT2D eigenvalue weighted by Crippen LogP contribution is 2.42. The third-order valence-corrected chi connectivity index (χ3v) is 9.54. The lowest BCUT2D eigenvalue weighted by Gasteiger charge is -2.35. The summed E-state index contributed by atoms with van der Waals surface area (Å²) in [5, 5.41) is 6.34. The van der Waals surface area contributed by atoms with E-state index < -0.39 is 46.1 Å². The van der Waals surface area contributed by atoms with E-state index in [0.29, 0.717) is 34.2 Å². The topological polar surface area (TPSA) is 146 Å². The van der Waals surface area contributed by atoms with Crippen LogP contribution in [0.25, 0.3) is 11.0 Å². The fourth-order valence-corrected chi connectivity index (χ4v) is 6.50. The first kappa shape index (κ1) is 40.1. The van der Waals surface area contributed by atoms with E-state index >= 15 is 8.78 Å². The zero-order valence-electron chi connectivity index (χ0n) is 32.4. The number of hydrogen-bond donors (Lipinski definition) is 2. The Kier molecular flexibility index (Phi) is 12.3. The maximum absolute atomic E-state index is 15.7. The molecule has 5 aromatic rings. The van der Waals surface area contributed by atoms with E-state index in [1.165, 1.54) is 47.8 Å². The number of pyridine rings is 1. The molecule has 2 aromatic heterocycles. The third kappa shape index (κ3) is 8.21. The molecular formula is C41H43F2N5O9. The van der Waals surface area contributed by atoms with Crippen LogP contribution in [0.1, 0.15) is 28.6 Å². The molecule has 300 valence electrons. The molecule has 3 heterocycles. The highest BCUT2D eigenvalue weighted by molar-refractivity contribution is 6.13. The van der Waals surface area contributed by atoms with Crippen molar-refractivity contribution in [1.29, 1.82) is 0 Å². The van der Waals surface area contributed by atoms with Crippen LogP contribution >= 0.6 is 0 Å². The number of benzene rings is 3. The molecule has 3 aromatic carbocycles. The Balaban J connectivity index is 1.43. The largest absolute Gasteiger partial charge is 0.494 e. The van der Waals surface area contributed by atoms with Crippen LogP contribution in [-0.2, 0) is 11.4 Å². The quantitative estimate of drug-likeness (QED) is 0.0785. The highest BCUT2D eigenvalue weighted by Gasteiger charge is 2.32. The molecule has 16 heteroatoms. The molecule has 14 nitrogen and oxygen atoms in total. The Morgan fingerprint density at radius 3 is 2.07 bits per heavy atom. The second-order valence-electron chi connectivity index (χ2n) is 12.7. The SMILES string of the molecule is C=CC(=O)Nc1cc(N2CCN(CC)CC2)ccc1Nc1cc2c(OCc3cc(OC)c(OC)c(OC)c3)c(C(=O)c3c(F)c(OC)cc(OC)c3F)oc2cn1.